The summed E-state index contributed by atoms with van der Waals surface area (Å²) in [4.78, 5) is 13.9. The molecule has 2 aliphatic rings. The molecular weight excluding hydrogens is 308 g/mol. The van der Waals surface area contributed by atoms with E-state index in [1.165, 1.54) is 11.0 Å². The zero-order valence-corrected chi connectivity index (χ0v) is 15.3. The van der Waals surface area contributed by atoms with Gasteiger partial charge < -0.3 is 14.2 Å². The van der Waals surface area contributed by atoms with Crippen molar-refractivity contribution in [3.05, 3.63) is 24.0 Å². The van der Waals surface area contributed by atoms with Crippen molar-refractivity contribution in [1.82, 2.24) is 0 Å². The fraction of sp³-hybridized carbons (Fsp3) is 0.611. The number of anilines is 1. The Hall–Kier alpha value is -1.40. The van der Waals surface area contributed by atoms with Crippen molar-refractivity contribution in [2.45, 2.75) is 58.7 Å². The van der Waals surface area contributed by atoms with E-state index < -0.39 is 24.1 Å². The molecule has 0 atom stereocenters. The Morgan fingerprint density at radius 3 is 2.12 bits per heavy atom. The first-order chi connectivity index (χ1) is 11.0. The fourth-order valence-corrected chi connectivity index (χ4v) is 2.81. The molecule has 1 saturated heterocycles. The maximum Gasteiger partial charge on any atom is 0.497 e. The number of carbonyl (C=O) groups excluding carboxylic acids is 1. The molecule has 0 bridgehead atoms. The van der Waals surface area contributed by atoms with Gasteiger partial charge in [0.05, 0.1) is 11.2 Å². The number of rotatable bonds is 3. The summed E-state index contributed by atoms with van der Waals surface area (Å²) in [5, 5.41) is 0. The lowest BCUT2D eigenvalue weighted by atomic mass is 9.78. The predicted octanol–water partition coefficient (Wildman–Crippen LogP) is 2.89. The molecule has 1 saturated carbocycles. The number of nitrogens with zero attached hydrogens (tertiary/aromatic N) is 1. The van der Waals surface area contributed by atoms with E-state index in [9.17, 15) is 9.18 Å². The molecule has 4 nitrogen and oxygen atoms in total. The maximum atomic E-state index is 14.6. The van der Waals surface area contributed by atoms with Crippen molar-refractivity contribution < 1.29 is 18.5 Å². The van der Waals surface area contributed by atoms with E-state index in [2.05, 4.69) is 0 Å². The van der Waals surface area contributed by atoms with Gasteiger partial charge in [-0.25, -0.2) is 4.39 Å². The van der Waals surface area contributed by atoms with Crippen LogP contribution in [0.1, 0.15) is 47.5 Å². The van der Waals surface area contributed by atoms with Gasteiger partial charge in [-0.1, -0.05) is 13.0 Å². The third kappa shape index (κ3) is 2.76. The Labute approximate surface area is 143 Å². The SMILES string of the molecule is CN(C(=O)C1(C)CC1)c1ccc(B2OC(C)(C)C(C)(C)O2)c(F)c1. The lowest BCUT2D eigenvalue weighted by molar-refractivity contribution is -0.122. The van der Waals surface area contributed by atoms with Crippen LogP contribution in [-0.4, -0.2) is 31.3 Å². The average molecular weight is 333 g/mol. The highest BCUT2D eigenvalue weighted by atomic mass is 19.1. The number of hydrogen-bond donors (Lipinski definition) is 0. The molecular formula is C18H25BFNO3. The van der Waals surface area contributed by atoms with Crippen LogP contribution in [0.4, 0.5) is 10.1 Å². The largest absolute Gasteiger partial charge is 0.497 e. The zero-order valence-electron chi connectivity index (χ0n) is 15.3. The molecule has 1 aromatic carbocycles. The van der Waals surface area contributed by atoms with Gasteiger partial charge in [-0.2, -0.15) is 0 Å². The van der Waals surface area contributed by atoms with Crippen LogP contribution < -0.4 is 10.4 Å². The molecule has 0 radical (unpaired) electrons. The van der Waals surface area contributed by atoms with Gasteiger partial charge in [0.15, 0.2) is 0 Å². The summed E-state index contributed by atoms with van der Waals surface area (Å²) >= 11 is 0. The molecule has 1 amide bonds. The molecule has 0 unspecified atom stereocenters. The van der Waals surface area contributed by atoms with E-state index in [0.29, 0.717) is 11.2 Å². The molecule has 24 heavy (non-hydrogen) atoms. The van der Waals surface area contributed by atoms with Crippen LogP contribution in [0.2, 0.25) is 0 Å². The summed E-state index contributed by atoms with van der Waals surface area (Å²) in [7, 11) is 0.945. The second-order valence-corrected chi connectivity index (χ2v) is 8.22. The Morgan fingerprint density at radius 2 is 1.67 bits per heavy atom. The van der Waals surface area contributed by atoms with Crippen LogP contribution in [0.25, 0.3) is 0 Å². The van der Waals surface area contributed by atoms with Gasteiger partial charge in [0.2, 0.25) is 5.91 Å². The Kier molecular flexibility index (Phi) is 3.85. The van der Waals surface area contributed by atoms with E-state index in [1.807, 2.05) is 34.6 Å². The average Bonchev–Trinajstić information content (AvgIpc) is 3.18. The number of amides is 1. The Bertz CT molecular complexity index is 669. The molecule has 1 aliphatic carbocycles. The van der Waals surface area contributed by atoms with E-state index in [4.69, 9.17) is 9.31 Å². The van der Waals surface area contributed by atoms with E-state index in [1.54, 1.807) is 19.2 Å². The second-order valence-electron chi connectivity index (χ2n) is 8.22. The summed E-state index contributed by atoms with van der Waals surface area (Å²) in [5.74, 6) is -0.392. The lowest BCUT2D eigenvalue weighted by Gasteiger charge is -2.32. The molecule has 1 heterocycles. The third-order valence-electron chi connectivity index (χ3n) is 5.70. The topological polar surface area (TPSA) is 38.8 Å². The first-order valence-corrected chi connectivity index (χ1v) is 8.40. The minimum absolute atomic E-state index is 0.0327. The lowest BCUT2D eigenvalue weighted by Crippen LogP contribution is -2.41. The standard InChI is InChI=1S/C18H25BFNO3/c1-16(2)17(3,4)24-19(23-16)13-8-7-12(11-14(13)20)21(6)15(22)18(5)9-10-18/h7-8,11H,9-10H2,1-6H3. The van der Waals surface area contributed by atoms with Crippen LogP contribution in [0.5, 0.6) is 0 Å². The van der Waals surface area contributed by atoms with Gasteiger partial charge >= 0.3 is 7.12 Å². The van der Waals surface area contributed by atoms with E-state index in [-0.39, 0.29) is 11.3 Å². The minimum Gasteiger partial charge on any atom is -0.399 e. The Balaban J connectivity index is 1.82. The summed E-state index contributed by atoms with van der Waals surface area (Å²) < 4.78 is 26.4. The highest BCUT2D eigenvalue weighted by Crippen LogP contribution is 2.46. The summed E-state index contributed by atoms with van der Waals surface area (Å²) in [6.07, 6.45) is 1.79. The van der Waals surface area contributed by atoms with E-state index in [0.717, 1.165) is 12.8 Å². The van der Waals surface area contributed by atoms with Gasteiger partial charge in [-0.15, -0.1) is 0 Å². The first kappa shape index (κ1) is 17.4. The van der Waals surface area contributed by atoms with Crippen LogP contribution in [-0.2, 0) is 14.1 Å². The van der Waals surface area contributed by atoms with Crippen LogP contribution >= 0.6 is 0 Å². The quantitative estimate of drug-likeness (QED) is 0.799. The molecule has 0 spiro atoms. The molecule has 1 aliphatic heterocycles. The highest BCUT2D eigenvalue weighted by molar-refractivity contribution is 6.62. The zero-order chi connectivity index (χ0) is 17.9. The van der Waals surface area contributed by atoms with Gasteiger partial charge in [0.25, 0.3) is 0 Å². The molecule has 0 N–H and O–H groups in total. The highest BCUT2D eigenvalue weighted by Gasteiger charge is 2.52. The Morgan fingerprint density at radius 1 is 1.12 bits per heavy atom. The van der Waals surface area contributed by atoms with Crippen molar-refractivity contribution in [3.8, 4) is 0 Å². The van der Waals surface area contributed by atoms with Gasteiger partial charge in [0.1, 0.15) is 5.82 Å². The third-order valence-corrected chi connectivity index (χ3v) is 5.70. The van der Waals surface area contributed by atoms with Gasteiger partial charge in [-0.05, 0) is 52.7 Å². The minimum atomic E-state index is -0.744. The number of hydrogen-bond acceptors (Lipinski definition) is 3. The summed E-state index contributed by atoms with van der Waals surface area (Å²) in [5.41, 5.74) is -0.413. The molecule has 2 fully saturated rings. The molecule has 3 rings (SSSR count). The number of carbonyl (C=O) groups is 1. The summed E-state index contributed by atoms with van der Waals surface area (Å²) in [6, 6.07) is 4.77. The van der Waals surface area contributed by atoms with Crippen LogP contribution in [0, 0.1) is 11.2 Å². The second kappa shape index (κ2) is 5.30. The van der Waals surface area contributed by atoms with Gasteiger partial charge in [-0.3, -0.25) is 4.79 Å². The van der Waals surface area contributed by atoms with E-state index >= 15 is 0 Å². The molecule has 1 aromatic rings. The van der Waals surface area contributed by atoms with Crippen molar-refractivity contribution in [3.63, 3.8) is 0 Å². The van der Waals surface area contributed by atoms with Crippen LogP contribution in [0.15, 0.2) is 18.2 Å². The monoisotopic (exact) mass is 333 g/mol. The predicted molar refractivity (Wildman–Crippen MR) is 92.9 cm³/mol. The molecule has 0 aromatic heterocycles. The summed E-state index contributed by atoms with van der Waals surface area (Å²) in [6.45, 7) is 9.68. The fourth-order valence-electron chi connectivity index (χ4n) is 2.81. The molecule has 6 heteroatoms. The first-order valence-electron chi connectivity index (χ1n) is 8.40. The van der Waals surface area contributed by atoms with Crippen molar-refractivity contribution in [2.24, 2.45) is 5.41 Å². The molecule has 130 valence electrons. The van der Waals surface area contributed by atoms with Crippen molar-refractivity contribution in [2.75, 3.05) is 11.9 Å². The van der Waals surface area contributed by atoms with Crippen molar-refractivity contribution >= 4 is 24.2 Å². The van der Waals surface area contributed by atoms with Crippen molar-refractivity contribution in [1.29, 1.82) is 0 Å². The number of halogens is 1. The normalized spacial score (nSPS) is 23.2. The number of benzene rings is 1. The smallest absolute Gasteiger partial charge is 0.399 e. The van der Waals surface area contributed by atoms with Crippen LogP contribution in [0.3, 0.4) is 0 Å². The van der Waals surface area contributed by atoms with Gasteiger partial charge in [0, 0.05) is 23.6 Å². The maximum absolute atomic E-state index is 14.6.